The molecule has 1 fully saturated rings. The minimum Gasteiger partial charge on any atom is -0.460 e. The first-order valence-corrected chi connectivity index (χ1v) is 9.86. The van der Waals surface area contributed by atoms with Gasteiger partial charge in [0.15, 0.2) is 0 Å². The molecule has 1 N–H and O–H groups in total. The van der Waals surface area contributed by atoms with Crippen LogP contribution >= 0.6 is 22.7 Å². The number of fused-ring (bicyclic) bond motifs is 2. The summed E-state index contributed by atoms with van der Waals surface area (Å²) in [4.78, 5) is 15.2. The largest absolute Gasteiger partial charge is 0.460 e. The molecule has 2 aliphatic rings. The molecule has 0 unspecified atom stereocenters. The van der Waals surface area contributed by atoms with E-state index in [1.165, 1.54) is 22.7 Å². The number of hydrogen-bond donors (Lipinski definition) is 1. The highest BCUT2D eigenvalue weighted by Crippen LogP contribution is 2.36. The molecule has 2 aromatic heterocycles. The van der Waals surface area contributed by atoms with E-state index in [4.69, 9.17) is 4.74 Å². The van der Waals surface area contributed by atoms with Crippen LogP contribution in [0.25, 0.3) is 0 Å². The standard InChI is InChI=1S/C18H19NO3S2/c1-19-14-2-3-15(19)9-16(8-14)22-17(20)18(21,12-4-6-23-10-12)13-5-7-24-11-13/h2-7,10-11,14-16,21H,8-9H2,1H3/t14-,15+,16-. The lowest BCUT2D eigenvalue weighted by Gasteiger charge is -2.37. The average molecular weight is 361 g/mol. The van der Waals surface area contributed by atoms with E-state index in [2.05, 4.69) is 24.1 Å². The number of ether oxygens (including phenoxy) is 1. The van der Waals surface area contributed by atoms with Crippen molar-refractivity contribution >= 4 is 28.6 Å². The number of carbonyl (C=O) groups is 1. The van der Waals surface area contributed by atoms with Crippen molar-refractivity contribution in [2.45, 2.75) is 36.6 Å². The van der Waals surface area contributed by atoms with Crippen LogP contribution in [-0.2, 0) is 15.1 Å². The van der Waals surface area contributed by atoms with Crippen molar-refractivity contribution in [1.29, 1.82) is 0 Å². The van der Waals surface area contributed by atoms with Crippen LogP contribution in [0.2, 0.25) is 0 Å². The summed E-state index contributed by atoms with van der Waals surface area (Å²) in [5, 5.41) is 18.6. The molecular formula is C18H19NO3S2. The molecule has 126 valence electrons. The fourth-order valence-electron chi connectivity index (χ4n) is 3.57. The van der Waals surface area contributed by atoms with Gasteiger partial charge in [-0.15, -0.1) is 0 Å². The SMILES string of the molecule is CN1[C@@H]2C=C[C@H]1C[C@H](OC(=O)C(O)(c1ccsc1)c1ccsc1)C2. The van der Waals surface area contributed by atoms with Gasteiger partial charge in [0, 0.05) is 36.1 Å². The fraction of sp³-hybridized carbons (Fsp3) is 0.389. The van der Waals surface area contributed by atoms with Crippen molar-refractivity contribution in [3.8, 4) is 0 Å². The molecule has 2 bridgehead atoms. The number of nitrogens with zero attached hydrogens (tertiary/aromatic N) is 1. The van der Waals surface area contributed by atoms with E-state index in [-0.39, 0.29) is 6.10 Å². The van der Waals surface area contributed by atoms with Gasteiger partial charge in [0.1, 0.15) is 6.10 Å². The Hall–Kier alpha value is -1.47. The van der Waals surface area contributed by atoms with Crippen molar-refractivity contribution in [2.75, 3.05) is 7.05 Å². The van der Waals surface area contributed by atoms with Gasteiger partial charge < -0.3 is 9.84 Å². The number of thiophene rings is 2. The normalized spacial score (nSPS) is 26.7. The summed E-state index contributed by atoms with van der Waals surface area (Å²) < 4.78 is 5.79. The first-order valence-electron chi connectivity index (χ1n) is 7.98. The summed E-state index contributed by atoms with van der Waals surface area (Å²) in [5.74, 6) is -0.576. The molecular weight excluding hydrogens is 342 g/mol. The van der Waals surface area contributed by atoms with E-state index < -0.39 is 11.6 Å². The highest BCUT2D eigenvalue weighted by atomic mass is 32.1. The lowest BCUT2D eigenvalue weighted by atomic mass is 9.90. The zero-order chi connectivity index (χ0) is 16.7. The number of aliphatic hydroxyl groups is 1. The summed E-state index contributed by atoms with van der Waals surface area (Å²) in [5.41, 5.74) is -0.578. The molecule has 4 rings (SSSR count). The van der Waals surface area contributed by atoms with Crippen LogP contribution in [0.3, 0.4) is 0 Å². The van der Waals surface area contributed by atoms with Gasteiger partial charge in [-0.05, 0) is 40.7 Å². The van der Waals surface area contributed by atoms with E-state index in [1.54, 1.807) is 22.9 Å². The van der Waals surface area contributed by atoms with Gasteiger partial charge in [0.25, 0.3) is 0 Å². The maximum absolute atomic E-state index is 12.9. The molecule has 0 spiro atoms. The van der Waals surface area contributed by atoms with Crippen LogP contribution < -0.4 is 0 Å². The number of carbonyl (C=O) groups excluding carboxylic acids is 1. The molecule has 3 atom stereocenters. The topological polar surface area (TPSA) is 49.8 Å². The Balaban J connectivity index is 1.57. The number of piperidine rings is 1. The van der Waals surface area contributed by atoms with Crippen LogP contribution in [0, 0.1) is 0 Å². The maximum atomic E-state index is 12.9. The van der Waals surface area contributed by atoms with Gasteiger partial charge in [-0.3, -0.25) is 4.90 Å². The number of likely N-dealkylation sites (N-methyl/N-ethyl adjacent to an activating group) is 1. The van der Waals surface area contributed by atoms with Gasteiger partial charge >= 0.3 is 5.97 Å². The van der Waals surface area contributed by atoms with Gasteiger partial charge in [0.2, 0.25) is 5.60 Å². The molecule has 0 aromatic carbocycles. The predicted octanol–water partition coefficient (Wildman–Crippen LogP) is 2.99. The van der Waals surface area contributed by atoms with Crippen molar-refractivity contribution in [3.63, 3.8) is 0 Å². The number of hydrogen-bond acceptors (Lipinski definition) is 6. The van der Waals surface area contributed by atoms with Gasteiger partial charge in [0.05, 0.1) is 0 Å². The molecule has 2 aliphatic heterocycles. The third-order valence-corrected chi connectivity index (χ3v) is 6.42. The zero-order valence-corrected chi connectivity index (χ0v) is 14.9. The Kier molecular flexibility index (Phi) is 4.08. The van der Waals surface area contributed by atoms with Crippen molar-refractivity contribution < 1.29 is 14.6 Å². The fourth-order valence-corrected chi connectivity index (χ4v) is 4.97. The Bertz CT molecular complexity index is 688. The van der Waals surface area contributed by atoms with Gasteiger partial charge in [-0.1, -0.05) is 12.2 Å². The molecule has 0 amide bonds. The van der Waals surface area contributed by atoms with Crippen LogP contribution in [-0.4, -0.2) is 41.2 Å². The monoisotopic (exact) mass is 361 g/mol. The van der Waals surface area contributed by atoms with Crippen molar-refractivity contribution in [1.82, 2.24) is 4.90 Å². The summed E-state index contributed by atoms with van der Waals surface area (Å²) in [6.45, 7) is 0. The van der Waals surface area contributed by atoms with Crippen LogP contribution in [0.4, 0.5) is 0 Å². The summed E-state index contributed by atoms with van der Waals surface area (Å²) in [7, 11) is 2.10. The van der Waals surface area contributed by atoms with E-state index in [0.717, 1.165) is 12.8 Å². The first-order chi connectivity index (χ1) is 11.6. The Morgan fingerprint density at radius 3 is 2.17 bits per heavy atom. The van der Waals surface area contributed by atoms with E-state index in [9.17, 15) is 9.90 Å². The zero-order valence-electron chi connectivity index (χ0n) is 13.3. The van der Waals surface area contributed by atoms with Crippen LogP contribution in [0.15, 0.2) is 45.8 Å². The molecule has 2 aromatic rings. The third-order valence-electron chi connectivity index (χ3n) is 5.06. The third kappa shape index (κ3) is 2.54. The Morgan fingerprint density at radius 2 is 1.71 bits per heavy atom. The Labute approximate surface area is 149 Å². The lowest BCUT2D eigenvalue weighted by Crippen LogP contribution is -2.47. The molecule has 6 heteroatoms. The molecule has 24 heavy (non-hydrogen) atoms. The van der Waals surface area contributed by atoms with E-state index >= 15 is 0 Å². The van der Waals surface area contributed by atoms with Gasteiger partial charge in [-0.25, -0.2) is 4.79 Å². The molecule has 4 heterocycles. The second kappa shape index (κ2) is 6.11. The first kappa shape index (κ1) is 16.0. The lowest BCUT2D eigenvalue weighted by molar-refractivity contribution is -0.170. The van der Waals surface area contributed by atoms with Crippen LogP contribution in [0.1, 0.15) is 24.0 Å². The highest BCUT2D eigenvalue weighted by molar-refractivity contribution is 7.08. The molecule has 0 saturated carbocycles. The van der Waals surface area contributed by atoms with Crippen molar-refractivity contribution in [3.05, 3.63) is 56.9 Å². The number of esters is 1. The summed E-state index contributed by atoms with van der Waals surface area (Å²) in [6, 6.07) is 4.20. The predicted molar refractivity (Wildman–Crippen MR) is 95.2 cm³/mol. The molecule has 1 saturated heterocycles. The molecule has 0 radical (unpaired) electrons. The average Bonchev–Trinajstić information content (AvgIpc) is 3.30. The number of rotatable bonds is 4. The second-order valence-corrected chi connectivity index (χ2v) is 7.98. The highest BCUT2D eigenvalue weighted by Gasteiger charge is 2.45. The summed E-state index contributed by atoms with van der Waals surface area (Å²) >= 11 is 2.91. The van der Waals surface area contributed by atoms with E-state index in [0.29, 0.717) is 23.2 Å². The van der Waals surface area contributed by atoms with Gasteiger partial charge in [-0.2, -0.15) is 22.7 Å². The van der Waals surface area contributed by atoms with Crippen LogP contribution in [0.5, 0.6) is 0 Å². The Morgan fingerprint density at radius 1 is 1.17 bits per heavy atom. The minimum absolute atomic E-state index is 0.164. The smallest absolute Gasteiger partial charge is 0.348 e. The molecule has 4 nitrogen and oxygen atoms in total. The van der Waals surface area contributed by atoms with Crippen molar-refractivity contribution in [2.24, 2.45) is 0 Å². The minimum atomic E-state index is -1.73. The van der Waals surface area contributed by atoms with E-state index in [1.807, 2.05) is 10.8 Å². The summed E-state index contributed by atoms with van der Waals surface area (Å²) in [6.07, 6.45) is 5.75. The second-order valence-electron chi connectivity index (χ2n) is 6.42. The quantitative estimate of drug-likeness (QED) is 0.672. The maximum Gasteiger partial charge on any atom is 0.348 e. The molecule has 0 aliphatic carbocycles.